The Morgan fingerprint density at radius 2 is 2.08 bits per heavy atom. The zero-order valence-corrected chi connectivity index (χ0v) is 16.5. The van der Waals surface area contributed by atoms with Crippen molar-refractivity contribution in [3.05, 3.63) is 63.8 Å². The summed E-state index contributed by atoms with van der Waals surface area (Å²) in [6.45, 7) is 3.86. The van der Waals surface area contributed by atoms with Crippen LogP contribution < -0.4 is 10.2 Å². The van der Waals surface area contributed by atoms with E-state index in [1.165, 1.54) is 0 Å². The zero-order chi connectivity index (χ0) is 18.7. The summed E-state index contributed by atoms with van der Waals surface area (Å²) in [4.78, 5) is 12.0. The number of hydrogen-bond donors (Lipinski definition) is 1. The molecule has 0 saturated carbocycles. The Balaban J connectivity index is 1.61. The van der Waals surface area contributed by atoms with Gasteiger partial charge in [0.1, 0.15) is 5.75 Å². The van der Waals surface area contributed by atoms with Gasteiger partial charge in [0, 0.05) is 29.7 Å². The molecule has 0 radical (unpaired) electrons. The van der Waals surface area contributed by atoms with Gasteiger partial charge < -0.3 is 9.30 Å². The lowest BCUT2D eigenvalue weighted by Crippen LogP contribution is -2.24. The summed E-state index contributed by atoms with van der Waals surface area (Å²) in [5.74, 6) is 0.358. The third-order valence-corrected chi connectivity index (χ3v) is 4.63. The van der Waals surface area contributed by atoms with Crippen molar-refractivity contribution in [2.75, 3.05) is 6.61 Å². The number of aromatic nitrogens is 1. The quantitative estimate of drug-likeness (QED) is 0.505. The van der Waals surface area contributed by atoms with Crippen LogP contribution in [0.2, 0.25) is 0 Å². The SMILES string of the molecule is Cc1cc(C)c(OCC(=O)N/N=C\c2cn(C)c3ccccc23)c(Br)c1. The minimum Gasteiger partial charge on any atom is -0.482 e. The molecule has 3 rings (SSSR count). The Kier molecular flexibility index (Phi) is 5.42. The number of benzene rings is 2. The van der Waals surface area contributed by atoms with E-state index < -0.39 is 0 Å². The molecule has 1 heterocycles. The molecule has 0 atom stereocenters. The average Bonchev–Trinajstić information content (AvgIpc) is 2.90. The lowest BCUT2D eigenvalue weighted by Gasteiger charge is -2.11. The van der Waals surface area contributed by atoms with Gasteiger partial charge in [-0.2, -0.15) is 5.10 Å². The summed E-state index contributed by atoms with van der Waals surface area (Å²) in [5, 5.41) is 5.13. The summed E-state index contributed by atoms with van der Waals surface area (Å²) < 4.78 is 8.49. The van der Waals surface area contributed by atoms with Crippen LogP contribution in [0.5, 0.6) is 5.75 Å². The topological polar surface area (TPSA) is 55.6 Å². The van der Waals surface area contributed by atoms with Crippen LogP contribution in [0.15, 0.2) is 52.2 Å². The number of halogens is 1. The number of hydrogen-bond acceptors (Lipinski definition) is 3. The lowest BCUT2D eigenvalue weighted by molar-refractivity contribution is -0.123. The number of carbonyl (C=O) groups is 1. The molecule has 0 aliphatic carbocycles. The van der Waals surface area contributed by atoms with Crippen LogP contribution in [0.1, 0.15) is 16.7 Å². The number of nitrogens with zero attached hydrogens (tertiary/aromatic N) is 2. The molecule has 6 heteroatoms. The molecule has 0 bridgehead atoms. The van der Waals surface area contributed by atoms with Crippen LogP contribution in [0.4, 0.5) is 0 Å². The number of fused-ring (bicyclic) bond motifs is 1. The molecular formula is C20H20BrN3O2. The second-order valence-electron chi connectivity index (χ2n) is 6.19. The molecule has 1 aromatic heterocycles. The molecule has 5 nitrogen and oxygen atoms in total. The number of nitrogens with one attached hydrogen (secondary N) is 1. The minimum absolute atomic E-state index is 0.102. The van der Waals surface area contributed by atoms with Crippen molar-refractivity contribution in [3.63, 3.8) is 0 Å². The maximum absolute atomic E-state index is 12.0. The van der Waals surface area contributed by atoms with Crippen molar-refractivity contribution < 1.29 is 9.53 Å². The van der Waals surface area contributed by atoms with E-state index in [-0.39, 0.29) is 12.5 Å². The fourth-order valence-corrected chi connectivity index (χ4v) is 3.69. The third kappa shape index (κ3) is 3.96. The molecule has 26 heavy (non-hydrogen) atoms. The van der Waals surface area contributed by atoms with Crippen molar-refractivity contribution in [2.45, 2.75) is 13.8 Å². The molecule has 0 fully saturated rings. The highest BCUT2D eigenvalue weighted by molar-refractivity contribution is 9.10. The van der Waals surface area contributed by atoms with Crippen molar-refractivity contribution in [1.29, 1.82) is 0 Å². The molecule has 134 valence electrons. The maximum atomic E-state index is 12.0. The van der Waals surface area contributed by atoms with Crippen LogP contribution in [-0.4, -0.2) is 23.3 Å². The van der Waals surface area contributed by atoms with E-state index in [0.29, 0.717) is 5.75 Å². The molecule has 0 spiro atoms. The third-order valence-electron chi connectivity index (χ3n) is 4.04. The fourth-order valence-electron chi connectivity index (χ4n) is 2.90. The summed E-state index contributed by atoms with van der Waals surface area (Å²) >= 11 is 3.47. The number of ether oxygens (including phenoxy) is 1. The highest BCUT2D eigenvalue weighted by atomic mass is 79.9. The zero-order valence-electron chi connectivity index (χ0n) is 14.9. The Hall–Kier alpha value is -2.60. The first-order valence-corrected chi connectivity index (χ1v) is 9.00. The molecule has 0 unspecified atom stereocenters. The predicted octanol–water partition coefficient (Wildman–Crippen LogP) is 4.09. The van der Waals surface area contributed by atoms with Gasteiger partial charge in [0.2, 0.25) is 0 Å². The normalized spacial score (nSPS) is 11.2. The van der Waals surface area contributed by atoms with Crippen molar-refractivity contribution in [2.24, 2.45) is 12.1 Å². The summed E-state index contributed by atoms with van der Waals surface area (Å²) in [6, 6.07) is 12.0. The van der Waals surface area contributed by atoms with Gasteiger partial charge in [0.15, 0.2) is 6.61 Å². The number of aryl methyl sites for hydroxylation is 3. The average molecular weight is 414 g/mol. The summed E-state index contributed by atoms with van der Waals surface area (Å²) in [7, 11) is 1.98. The maximum Gasteiger partial charge on any atom is 0.277 e. The van der Waals surface area contributed by atoms with Crippen LogP contribution in [0.3, 0.4) is 0 Å². The van der Waals surface area contributed by atoms with Gasteiger partial charge in [-0.3, -0.25) is 4.79 Å². The van der Waals surface area contributed by atoms with Crippen LogP contribution in [0, 0.1) is 13.8 Å². The van der Waals surface area contributed by atoms with Gasteiger partial charge in [-0.05, 0) is 53.0 Å². The number of rotatable bonds is 5. The van der Waals surface area contributed by atoms with E-state index in [2.05, 4.69) is 26.5 Å². The number of hydrazone groups is 1. The molecule has 0 saturated heterocycles. The van der Waals surface area contributed by atoms with E-state index in [1.54, 1.807) is 6.21 Å². The van der Waals surface area contributed by atoms with Crippen molar-refractivity contribution in [1.82, 2.24) is 9.99 Å². The second kappa shape index (κ2) is 7.74. The molecule has 0 aliphatic heterocycles. The first-order valence-electron chi connectivity index (χ1n) is 8.21. The van der Waals surface area contributed by atoms with E-state index >= 15 is 0 Å². The van der Waals surface area contributed by atoms with Gasteiger partial charge in [-0.15, -0.1) is 0 Å². The lowest BCUT2D eigenvalue weighted by atomic mass is 10.1. The Bertz CT molecular complexity index is 969. The van der Waals surface area contributed by atoms with Crippen LogP contribution >= 0.6 is 15.9 Å². The van der Waals surface area contributed by atoms with Crippen molar-refractivity contribution >= 4 is 39.0 Å². The Morgan fingerprint density at radius 1 is 1.31 bits per heavy atom. The van der Waals surface area contributed by atoms with Gasteiger partial charge in [0.25, 0.3) is 5.91 Å². The Labute approximate surface area is 160 Å². The van der Waals surface area contributed by atoms with Gasteiger partial charge in [-0.25, -0.2) is 5.43 Å². The molecule has 3 aromatic rings. The molecular weight excluding hydrogens is 394 g/mol. The number of amides is 1. The molecule has 0 aliphatic rings. The minimum atomic E-state index is -0.312. The van der Waals surface area contributed by atoms with E-state index in [0.717, 1.165) is 32.1 Å². The first kappa shape index (κ1) is 18.2. The van der Waals surface area contributed by atoms with Gasteiger partial charge in [0.05, 0.1) is 10.7 Å². The highest BCUT2D eigenvalue weighted by Gasteiger charge is 2.09. The summed E-state index contributed by atoms with van der Waals surface area (Å²) in [6.07, 6.45) is 3.62. The monoisotopic (exact) mass is 413 g/mol. The number of para-hydroxylation sites is 1. The second-order valence-corrected chi connectivity index (χ2v) is 7.04. The van der Waals surface area contributed by atoms with Crippen LogP contribution in [0.25, 0.3) is 10.9 Å². The van der Waals surface area contributed by atoms with E-state index in [9.17, 15) is 4.79 Å². The predicted molar refractivity (Wildman–Crippen MR) is 108 cm³/mol. The smallest absolute Gasteiger partial charge is 0.277 e. The standard InChI is InChI=1S/C20H20BrN3O2/c1-13-8-14(2)20(17(21)9-13)26-12-19(25)23-22-10-15-11-24(3)18-7-5-4-6-16(15)18/h4-11H,12H2,1-3H3,(H,23,25)/b22-10-. The van der Waals surface area contributed by atoms with E-state index in [1.807, 2.05) is 68.1 Å². The van der Waals surface area contributed by atoms with Crippen molar-refractivity contribution in [3.8, 4) is 5.75 Å². The fraction of sp³-hybridized carbons (Fsp3) is 0.200. The molecule has 2 aromatic carbocycles. The largest absolute Gasteiger partial charge is 0.482 e. The van der Waals surface area contributed by atoms with E-state index in [4.69, 9.17) is 4.74 Å². The van der Waals surface area contributed by atoms with Gasteiger partial charge >= 0.3 is 0 Å². The number of carbonyl (C=O) groups excluding carboxylic acids is 1. The summed E-state index contributed by atoms with van der Waals surface area (Å²) in [5.41, 5.74) is 6.67. The first-order chi connectivity index (χ1) is 12.5. The molecule has 1 amide bonds. The van der Waals surface area contributed by atoms with Gasteiger partial charge in [-0.1, -0.05) is 24.3 Å². The van der Waals surface area contributed by atoms with Crippen LogP contribution in [-0.2, 0) is 11.8 Å². The Morgan fingerprint density at radius 3 is 2.85 bits per heavy atom. The highest BCUT2D eigenvalue weighted by Crippen LogP contribution is 2.30. The molecule has 1 N–H and O–H groups in total.